The molecule has 5 heteroatoms. The van der Waals surface area contributed by atoms with Gasteiger partial charge in [0.2, 0.25) is 0 Å². The van der Waals surface area contributed by atoms with Crippen molar-refractivity contribution in [1.82, 2.24) is 4.98 Å². The second kappa shape index (κ2) is 4.94. The minimum Gasteiger partial charge on any atom is -0.354 e. The van der Waals surface area contributed by atoms with Gasteiger partial charge in [0.15, 0.2) is 0 Å². The number of nitrogens with zero attached hydrogens (tertiary/aromatic N) is 1. The first kappa shape index (κ1) is 12.2. The van der Waals surface area contributed by atoms with Gasteiger partial charge in [-0.1, -0.05) is 11.6 Å². The summed E-state index contributed by atoms with van der Waals surface area (Å²) < 4.78 is 0. The summed E-state index contributed by atoms with van der Waals surface area (Å²) in [5, 5.41) is 12.6. The molecule has 0 spiro atoms. The molecule has 1 aromatic carbocycles. The average Bonchev–Trinajstić information content (AvgIpc) is 2.32. The highest BCUT2D eigenvalue weighted by atomic mass is 35.5. The molecule has 2 rings (SSSR count). The highest BCUT2D eigenvalue weighted by molar-refractivity contribution is 6.30. The van der Waals surface area contributed by atoms with E-state index in [0.717, 1.165) is 5.69 Å². The number of rotatable bonds is 2. The van der Waals surface area contributed by atoms with Crippen LogP contribution in [0, 0.1) is 18.3 Å². The molecule has 0 saturated heterocycles. The van der Waals surface area contributed by atoms with Crippen molar-refractivity contribution >= 4 is 23.0 Å². The standard InChI is InChI=1S/C13H10ClN3O/c1-8-6-12(11(7-15)13(18)16-8)17-10-4-2-9(14)3-5-10/h2-6H,1H3,(H2,16,17,18). The lowest BCUT2D eigenvalue weighted by molar-refractivity contribution is 1.13. The molecule has 1 heterocycles. The van der Waals surface area contributed by atoms with Crippen molar-refractivity contribution in [3.05, 3.63) is 57.0 Å². The Labute approximate surface area is 109 Å². The molecule has 0 saturated carbocycles. The number of nitrogens with one attached hydrogen (secondary N) is 2. The fourth-order valence-electron chi connectivity index (χ4n) is 1.59. The van der Waals surface area contributed by atoms with Crippen LogP contribution in [0.25, 0.3) is 0 Å². The Morgan fingerprint density at radius 1 is 1.33 bits per heavy atom. The molecule has 4 nitrogen and oxygen atoms in total. The maximum Gasteiger partial charge on any atom is 0.268 e. The Morgan fingerprint density at radius 3 is 2.61 bits per heavy atom. The Balaban J connectivity index is 2.43. The molecule has 0 aliphatic heterocycles. The van der Waals surface area contributed by atoms with Crippen LogP contribution in [-0.4, -0.2) is 4.98 Å². The Bertz CT molecular complexity index is 668. The summed E-state index contributed by atoms with van der Waals surface area (Å²) >= 11 is 5.79. The van der Waals surface area contributed by atoms with E-state index in [2.05, 4.69) is 10.3 Å². The van der Waals surface area contributed by atoms with E-state index in [9.17, 15) is 4.79 Å². The molecule has 0 fully saturated rings. The van der Waals surface area contributed by atoms with Gasteiger partial charge in [-0.2, -0.15) is 5.26 Å². The van der Waals surface area contributed by atoms with E-state index in [0.29, 0.717) is 16.4 Å². The van der Waals surface area contributed by atoms with Gasteiger partial charge >= 0.3 is 0 Å². The summed E-state index contributed by atoms with van der Waals surface area (Å²) in [7, 11) is 0. The summed E-state index contributed by atoms with van der Waals surface area (Å²) in [6, 6.07) is 10.6. The van der Waals surface area contributed by atoms with Crippen LogP contribution >= 0.6 is 11.6 Å². The van der Waals surface area contributed by atoms with Crippen LogP contribution in [0.2, 0.25) is 5.02 Å². The number of benzene rings is 1. The monoisotopic (exact) mass is 259 g/mol. The lowest BCUT2D eigenvalue weighted by Crippen LogP contribution is -2.13. The van der Waals surface area contributed by atoms with E-state index in [4.69, 9.17) is 16.9 Å². The molecule has 0 radical (unpaired) electrons. The van der Waals surface area contributed by atoms with Gasteiger partial charge in [-0.3, -0.25) is 4.79 Å². The molecule has 90 valence electrons. The second-order valence-corrected chi connectivity index (χ2v) is 4.25. The minimum absolute atomic E-state index is 0.0653. The zero-order chi connectivity index (χ0) is 13.1. The molecule has 0 atom stereocenters. The predicted octanol–water partition coefficient (Wildman–Crippen LogP) is 2.95. The van der Waals surface area contributed by atoms with Crippen LogP contribution in [0.5, 0.6) is 0 Å². The number of nitriles is 1. The SMILES string of the molecule is Cc1cc(Nc2ccc(Cl)cc2)c(C#N)c(=O)[nH]1. The van der Waals surface area contributed by atoms with Gasteiger partial charge in [-0.25, -0.2) is 0 Å². The van der Waals surface area contributed by atoms with Crippen LogP contribution < -0.4 is 10.9 Å². The number of hydrogen-bond acceptors (Lipinski definition) is 3. The second-order valence-electron chi connectivity index (χ2n) is 3.81. The number of aromatic nitrogens is 1. The zero-order valence-corrected chi connectivity index (χ0v) is 10.4. The number of halogens is 1. The quantitative estimate of drug-likeness (QED) is 0.871. The third-order valence-electron chi connectivity index (χ3n) is 2.40. The first-order chi connectivity index (χ1) is 8.60. The number of hydrogen-bond donors (Lipinski definition) is 2. The smallest absolute Gasteiger partial charge is 0.268 e. The normalized spacial score (nSPS) is 9.83. The van der Waals surface area contributed by atoms with Gasteiger partial charge < -0.3 is 10.3 Å². The zero-order valence-electron chi connectivity index (χ0n) is 9.62. The molecule has 2 aromatic rings. The van der Waals surface area contributed by atoms with Gasteiger partial charge in [0.1, 0.15) is 11.6 Å². The van der Waals surface area contributed by atoms with E-state index < -0.39 is 5.56 Å². The Kier molecular flexibility index (Phi) is 3.35. The molecule has 0 bridgehead atoms. The fourth-order valence-corrected chi connectivity index (χ4v) is 1.71. The molecule has 0 unspecified atom stereocenters. The fraction of sp³-hybridized carbons (Fsp3) is 0.0769. The van der Waals surface area contributed by atoms with Crippen molar-refractivity contribution in [2.24, 2.45) is 0 Å². The summed E-state index contributed by atoms with van der Waals surface area (Å²) in [4.78, 5) is 14.2. The number of pyridine rings is 1. The van der Waals surface area contributed by atoms with Crippen LogP contribution in [0.4, 0.5) is 11.4 Å². The number of aryl methyl sites for hydroxylation is 1. The first-order valence-electron chi connectivity index (χ1n) is 5.27. The van der Waals surface area contributed by atoms with Crippen LogP contribution in [0.1, 0.15) is 11.3 Å². The van der Waals surface area contributed by atoms with Gasteiger partial charge in [0.05, 0.1) is 5.69 Å². The molecule has 0 aliphatic rings. The van der Waals surface area contributed by atoms with Gasteiger partial charge in [0.25, 0.3) is 5.56 Å². The third kappa shape index (κ3) is 2.53. The van der Waals surface area contributed by atoms with E-state index in [1.807, 2.05) is 6.07 Å². The van der Waals surface area contributed by atoms with E-state index in [-0.39, 0.29) is 5.56 Å². The largest absolute Gasteiger partial charge is 0.354 e. The lowest BCUT2D eigenvalue weighted by Gasteiger charge is -2.08. The number of H-pyrrole nitrogens is 1. The molecular formula is C13H10ClN3O. The van der Waals surface area contributed by atoms with E-state index in [1.54, 1.807) is 37.3 Å². The first-order valence-corrected chi connectivity index (χ1v) is 5.64. The molecule has 2 N–H and O–H groups in total. The number of aromatic amines is 1. The minimum atomic E-state index is -0.394. The average molecular weight is 260 g/mol. The summed E-state index contributed by atoms with van der Waals surface area (Å²) in [6.45, 7) is 1.76. The maximum atomic E-state index is 11.6. The van der Waals surface area contributed by atoms with Gasteiger partial charge in [-0.05, 0) is 37.3 Å². The molecule has 0 aliphatic carbocycles. The van der Waals surface area contributed by atoms with Crippen molar-refractivity contribution in [3.63, 3.8) is 0 Å². The van der Waals surface area contributed by atoms with Crippen LogP contribution in [0.15, 0.2) is 35.1 Å². The van der Waals surface area contributed by atoms with Crippen molar-refractivity contribution < 1.29 is 0 Å². The molecule has 18 heavy (non-hydrogen) atoms. The topological polar surface area (TPSA) is 68.7 Å². The summed E-state index contributed by atoms with van der Waals surface area (Å²) in [5.41, 5.74) is 1.61. The Morgan fingerprint density at radius 2 is 2.00 bits per heavy atom. The highest BCUT2D eigenvalue weighted by Crippen LogP contribution is 2.20. The van der Waals surface area contributed by atoms with E-state index >= 15 is 0 Å². The van der Waals surface area contributed by atoms with Gasteiger partial charge in [-0.15, -0.1) is 0 Å². The molecule has 1 aromatic heterocycles. The summed E-state index contributed by atoms with van der Waals surface area (Å²) in [6.07, 6.45) is 0. The van der Waals surface area contributed by atoms with Crippen molar-refractivity contribution in [3.8, 4) is 6.07 Å². The van der Waals surface area contributed by atoms with Crippen LogP contribution in [-0.2, 0) is 0 Å². The molecule has 0 amide bonds. The third-order valence-corrected chi connectivity index (χ3v) is 2.65. The van der Waals surface area contributed by atoms with Gasteiger partial charge in [0, 0.05) is 16.4 Å². The predicted molar refractivity (Wildman–Crippen MR) is 71.2 cm³/mol. The highest BCUT2D eigenvalue weighted by Gasteiger charge is 2.07. The van der Waals surface area contributed by atoms with Crippen LogP contribution in [0.3, 0.4) is 0 Å². The lowest BCUT2D eigenvalue weighted by atomic mass is 10.2. The van der Waals surface area contributed by atoms with Crippen molar-refractivity contribution in [1.29, 1.82) is 5.26 Å². The van der Waals surface area contributed by atoms with Crippen molar-refractivity contribution in [2.75, 3.05) is 5.32 Å². The summed E-state index contributed by atoms with van der Waals surface area (Å²) in [5.74, 6) is 0. The Hall–Kier alpha value is -2.25. The number of anilines is 2. The maximum absolute atomic E-state index is 11.6. The molecular weight excluding hydrogens is 250 g/mol. The van der Waals surface area contributed by atoms with E-state index in [1.165, 1.54) is 0 Å². The van der Waals surface area contributed by atoms with Crippen molar-refractivity contribution in [2.45, 2.75) is 6.92 Å².